The number of rotatable bonds is 13. The van der Waals surface area contributed by atoms with Gasteiger partial charge in [0.15, 0.2) is 0 Å². The molecule has 1 aliphatic carbocycles. The normalized spacial score (nSPS) is 15.3. The molecule has 5 rings (SSSR count). The SMILES string of the molecule is CCC[C@@H](NCc1cc(Cl)c(O[C@H]2CCc3c(-c4ccccc4F)cccc32)cc1OCc1cncc(C#N)c1)[C@H](O)CC. The second-order valence-electron chi connectivity index (χ2n) is 11.1. The first kappa shape index (κ1) is 31.5. The van der Waals surface area contributed by atoms with E-state index in [1.54, 1.807) is 24.4 Å². The van der Waals surface area contributed by atoms with Crippen molar-refractivity contribution in [3.05, 3.63) is 112 Å². The fraction of sp³-hybridized carbons (Fsp3) is 0.333. The Bertz CT molecular complexity index is 1640. The third-order valence-electron chi connectivity index (χ3n) is 8.12. The van der Waals surface area contributed by atoms with E-state index in [0.29, 0.717) is 40.6 Å². The molecule has 44 heavy (non-hydrogen) atoms. The number of hydrogen-bond acceptors (Lipinski definition) is 6. The van der Waals surface area contributed by atoms with Crippen LogP contribution in [0.4, 0.5) is 4.39 Å². The predicted molar refractivity (Wildman–Crippen MR) is 170 cm³/mol. The number of nitrogens with one attached hydrogen (secondary N) is 1. The molecule has 1 heterocycles. The molecule has 0 bridgehead atoms. The minimum Gasteiger partial charge on any atom is -0.488 e. The Kier molecular flexibility index (Phi) is 10.5. The van der Waals surface area contributed by atoms with Gasteiger partial charge in [0.1, 0.15) is 36.1 Å². The predicted octanol–water partition coefficient (Wildman–Crippen LogP) is 8.09. The van der Waals surface area contributed by atoms with Crippen molar-refractivity contribution >= 4 is 11.6 Å². The quantitative estimate of drug-likeness (QED) is 0.158. The monoisotopic (exact) mass is 613 g/mol. The Morgan fingerprint density at radius 1 is 1.09 bits per heavy atom. The van der Waals surface area contributed by atoms with Crippen LogP contribution in [0.5, 0.6) is 11.5 Å². The molecule has 0 fully saturated rings. The fourth-order valence-corrected chi connectivity index (χ4v) is 6.05. The molecule has 228 valence electrons. The molecule has 4 aromatic rings. The fourth-order valence-electron chi connectivity index (χ4n) is 5.82. The molecule has 3 aromatic carbocycles. The summed E-state index contributed by atoms with van der Waals surface area (Å²) in [6.07, 6.45) is 6.38. The summed E-state index contributed by atoms with van der Waals surface area (Å²) >= 11 is 6.82. The van der Waals surface area contributed by atoms with E-state index in [4.69, 9.17) is 21.1 Å². The topological polar surface area (TPSA) is 87.4 Å². The van der Waals surface area contributed by atoms with Crippen LogP contribution < -0.4 is 14.8 Å². The van der Waals surface area contributed by atoms with Gasteiger partial charge in [-0.2, -0.15) is 5.26 Å². The van der Waals surface area contributed by atoms with Gasteiger partial charge in [0, 0.05) is 47.7 Å². The van der Waals surface area contributed by atoms with Gasteiger partial charge in [-0.3, -0.25) is 4.98 Å². The van der Waals surface area contributed by atoms with Crippen molar-refractivity contribution in [3.8, 4) is 28.7 Å². The van der Waals surface area contributed by atoms with Crippen molar-refractivity contribution in [3.63, 3.8) is 0 Å². The van der Waals surface area contributed by atoms with Crippen LogP contribution in [0.15, 0.2) is 73.1 Å². The number of benzene rings is 3. The maximum atomic E-state index is 14.7. The average molecular weight is 614 g/mol. The minimum atomic E-state index is -0.464. The summed E-state index contributed by atoms with van der Waals surface area (Å²) in [5.41, 5.74) is 5.61. The lowest BCUT2D eigenvalue weighted by atomic mass is 9.96. The number of hydrogen-bond donors (Lipinski definition) is 2. The molecule has 0 amide bonds. The highest BCUT2D eigenvalue weighted by Gasteiger charge is 2.28. The number of pyridine rings is 1. The second-order valence-corrected chi connectivity index (χ2v) is 11.5. The molecule has 0 unspecified atom stereocenters. The minimum absolute atomic E-state index is 0.0669. The van der Waals surface area contributed by atoms with Crippen molar-refractivity contribution in [2.45, 2.75) is 77.4 Å². The number of fused-ring (bicyclic) bond motifs is 1. The molecule has 1 aromatic heterocycles. The molecular weight excluding hydrogens is 577 g/mol. The van der Waals surface area contributed by atoms with Crippen LogP contribution in [-0.4, -0.2) is 22.2 Å². The second kappa shape index (κ2) is 14.7. The number of aliphatic hydroxyl groups is 1. The molecule has 1 aliphatic rings. The number of nitrogens with zero attached hydrogens (tertiary/aromatic N) is 2. The van der Waals surface area contributed by atoms with Gasteiger partial charge in [0.2, 0.25) is 0 Å². The maximum absolute atomic E-state index is 14.7. The van der Waals surface area contributed by atoms with Crippen molar-refractivity contribution < 1.29 is 19.0 Å². The zero-order valence-corrected chi connectivity index (χ0v) is 25.8. The van der Waals surface area contributed by atoms with Crippen LogP contribution >= 0.6 is 11.6 Å². The number of halogens is 2. The number of nitriles is 1. The summed E-state index contributed by atoms with van der Waals surface area (Å²) in [5.74, 6) is 0.823. The zero-order valence-electron chi connectivity index (χ0n) is 25.0. The van der Waals surface area contributed by atoms with E-state index in [0.717, 1.165) is 53.5 Å². The summed E-state index contributed by atoms with van der Waals surface area (Å²) in [6, 6.07) is 20.2. The van der Waals surface area contributed by atoms with Crippen LogP contribution in [0, 0.1) is 17.1 Å². The van der Waals surface area contributed by atoms with Crippen LogP contribution in [0.1, 0.15) is 73.5 Å². The van der Waals surface area contributed by atoms with E-state index in [1.165, 1.54) is 12.3 Å². The molecule has 0 saturated carbocycles. The van der Waals surface area contributed by atoms with Crippen molar-refractivity contribution in [1.29, 1.82) is 5.26 Å². The van der Waals surface area contributed by atoms with E-state index >= 15 is 0 Å². The molecule has 0 spiro atoms. The van der Waals surface area contributed by atoms with Gasteiger partial charge in [-0.15, -0.1) is 0 Å². The smallest absolute Gasteiger partial charge is 0.142 e. The summed E-state index contributed by atoms with van der Waals surface area (Å²) in [5, 5.41) is 23.8. The summed E-state index contributed by atoms with van der Waals surface area (Å²) in [7, 11) is 0. The summed E-state index contributed by atoms with van der Waals surface area (Å²) in [4.78, 5) is 4.14. The summed E-state index contributed by atoms with van der Waals surface area (Å²) in [6.45, 7) is 4.70. The molecule has 0 saturated heterocycles. The van der Waals surface area contributed by atoms with Crippen LogP contribution in [0.3, 0.4) is 0 Å². The van der Waals surface area contributed by atoms with Gasteiger partial charge in [-0.25, -0.2) is 4.39 Å². The first-order valence-corrected chi connectivity index (χ1v) is 15.5. The lowest BCUT2D eigenvalue weighted by molar-refractivity contribution is 0.117. The Hall–Kier alpha value is -3.96. The van der Waals surface area contributed by atoms with Gasteiger partial charge in [0.05, 0.1) is 16.7 Å². The van der Waals surface area contributed by atoms with Crippen LogP contribution in [-0.2, 0) is 19.6 Å². The number of ether oxygens (including phenoxy) is 2. The van der Waals surface area contributed by atoms with Crippen molar-refractivity contribution in [1.82, 2.24) is 10.3 Å². The Morgan fingerprint density at radius 3 is 2.68 bits per heavy atom. The molecule has 0 aliphatic heterocycles. The Morgan fingerprint density at radius 2 is 1.91 bits per heavy atom. The highest BCUT2D eigenvalue weighted by molar-refractivity contribution is 6.32. The van der Waals surface area contributed by atoms with Gasteiger partial charge in [0.25, 0.3) is 0 Å². The first-order chi connectivity index (χ1) is 21.4. The number of aliphatic hydroxyl groups excluding tert-OH is 1. The van der Waals surface area contributed by atoms with Gasteiger partial charge in [-0.1, -0.05) is 68.3 Å². The number of aromatic nitrogens is 1. The standard InChI is InChI=1S/C36H37ClFN3O3/c1-3-8-32(33(42)4-2)41-21-25-16-30(37)36(17-35(25)43-22-24-15-23(18-39)19-40-20-24)44-34-14-13-27-26(10-7-11-29(27)34)28-9-5-6-12-31(28)38/h5-7,9-12,15-17,19-20,32-34,41-42H,3-4,8,13-14,21-22H2,1-2H3/t32-,33-,34+/m1/s1. The molecule has 6 nitrogen and oxygen atoms in total. The van der Waals surface area contributed by atoms with Gasteiger partial charge >= 0.3 is 0 Å². The van der Waals surface area contributed by atoms with E-state index in [-0.39, 0.29) is 24.6 Å². The van der Waals surface area contributed by atoms with Gasteiger partial charge < -0.3 is 19.9 Å². The average Bonchev–Trinajstić information content (AvgIpc) is 3.46. The third kappa shape index (κ3) is 7.22. The molecule has 0 radical (unpaired) electrons. The van der Waals surface area contributed by atoms with Crippen molar-refractivity contribution in [2.75, 3.05) is 0 Å². The largest absolute Gasteiger partial charge is 0.488 e. The van der Waals surface area contributed by atoms with E-state index in [1.807, 2.05) is 43.3 Å². The highest BCUT2D eigenvalue weighted by Crippen LogP contribution is 2.43. The van der Waals surface area contributed by atoms with E-state index in [9.17, 15) is 14.8 Å². The van der Waals surface area contributed by atoms with Crippen LogP contribution in [0.2, 0.25) is 5.02 Å². The van der Waals surface area contributed by atoms with E-state index < -0.39 is 6.10 Å². The zero-order chi connectivity index (χ0) is 31.1. The lowest BCUT2D eigenvalue weighted by Gasteiger charge is -2.24. The van der Waals surface area contributed by atoms with Crippen molar-refractivity contribution in [2.24, 2.45) is 0 Å². The molecule has 8 heteroatoms. The van der Waals surface area contributed by atoms with E-state index in [2.05, 4.69) is 23.3 Å². The molecular formula is C36H37ClFN3O3. The lowest BCUT2D eigenvalue weighted by Crippen LogP contribution is -2.39. The van der Waals surface area contributed by atoms with Crippen LogP contribution in [0.25, 0.3) is 11.1 Å². The molecule has 3 atom stereocenters. The Labute approximate surface area is 263 Å². The first-order valence-electron chi connectivity index (χ1n) is 15.2. The summed E-state index contributed by atoms with van der Waals surface area (Å²) < 4.78 is 27.5. The third-order valence-corrected chi connectivity index (χ3v) is 8.41. The molecule has 2 N–H and O–H groups in total. The highest BCUT2D eigenvalue weighted by atomic mass is 35.5. The van der Waals surface area contributed by atoms with Gasteiger partial charge in [-0.05, 0) is 60.6 Å². The maximum Gasteiger partial charge on any atom is 0.142 e. The Balaban J connectivity index is 1.42.